The molecule has 0 bridgehead atoms. The van der Waals surface area contributed by atoms with E-state index in [0.29, 0.717) is 61.5 Å². The van der Waals surface area contributed by atoms with Crippen LogP contribution in [0.15, 0.2) is 249 Å². The second kappa shape index (κ2) is 36.9. The first-order valence-corrected chi connectivity index (χ1v) is 31.6. The minimum atomic E-state index is -3.69. The quantitative estimate of drug-likeness (QED) is 0.0279. The summed E-state index contributed by atoms with van der Waals surface area (Å²) in [6, 6.07) is 70.4. The van der Waals surface area contributed by atoms with Crippen molar-refractivity contribution in [2.75, 3.05) is 38.9 Å². The zero-order valence-electron chi connectivity index (χ0n) is 51.1. The van der Waals surface area contributed by atoms with Crippen LogP contribution in [0.3, 0.4) is 0 Å². The van der Waals surface area contributed by atoms with Crippen LogP contribution in [0.4, 0.5) is 5.69 Å². The number of para-hydroxylation sites is 1. The number of phenols is 2. The lowest BCUT2D eigenvalue weighted by atomic mass is 10.0. The number of nitrogens with one attached hydrogen (secondary N) is 1. The third-order valence-electron chi connectivity index (χ3n) is 15.7. The van der Waals surface area contributed by atoms with Crippen LogP contribution >= 0.6 is 7.37 Å². The standard InChI is InChI=1S/C46H34NO8P.C32H24O7.8CH4/c1-29-13-22-43(45(23-29)56(52)44-12-5-3-10-39(44)38-9-2-4-11-42(38)55-56)54-28-41(50)33-8-6-7-32(25-33)40(49)27-53-37-20-17-35(18-21-37)47-46(51)34-15-14-31-26-36(48)19-16-30(31)24-34;1-37-18-30(34)20-7-11-28(12-8-20)38-19-31(35)25-4-2-24-17-29(13-9-22(24)14-25)39-32(36)26-5-3-23-16-27(33)10-6-21(23)15-26;;;;;;;;/h2-26,48H,27-28H2,1H3,(H,47,51);2-17,33H,18-19H2,1H3;8*1H4. The maximum atomic E-state index is 14.9. The summed E-state index contributed by atoms with van der Waals surface area (Å²) in [6.45, 7) is 1.09. The number of aromatic hydroxyl groups is 2. The third-order valence-corrected chi connectivity index (χ3v) is 18.2. The molecule has 534 valence electrons. The van der Waals surface area contributed by atoms with Crippen molar-refractivity contribution < 1.29 is 71.8 Å². The molecule has 17 heteroatoms. The maximum absolute atomic E-state index is 14.9. The fourth-order valence-electron chi connectivity index (χ4n) is 10.8. The Hall–Kier alpha value is -12.0. The number of carbonyl (C=O) groups excluding carboxylic acids is 6. The number of amides is 1. The zero-order chi connectivity index (χ0) is 66.2. The van der Waals surface area contributed by atoms with Gasteiger partial charge in [-0.25, -0.2) is 4.79 Å². The molecule has 0 aromatic heterocycles. The van der Waals surface area contributed by atoms with E-state index in [-0.39, 0.29) is 143 Å². The Morgan fingerprint density at radius 1 is 0.388 bits per heavy atom. The number of esters is 1. The van der Waals surface area contributed by atoms with E-state index in [4.69, 9.17) is 28.2 Å². The molecule has 0 spiro atoms. The van der Waals surface area contributed by atoms with Crippen LogP contribution in [-0.4, -0.2) is 78.8 Å². The number of ketones is 4. The van der Waals surface area contributed by atoms with Gasteiger partial charge in [-0.3, -0.25) is 28.5 Å². The fourth-order valence-corrected chi connectivity index (χ4v) is 13.3. The molecular formula is C86H90NO15P. The van der Waals surface area contributed by atoms with Gasteiger partial charge in [-0.15, -0.1) is 0 Å². The van der Waals surface area contributed by atoms with Gasteiger partial charge in [-0.05, 0) is 196 Å². The van der Waals surface area contributed by atoms with Crippen LogP contribution in [0, 0.1) is 6.92 Å². The molecule has 1 heterocycles. The van der Waals surface area contributed by atoms with E-state index < -0.39 is 13.3 Å². The number of anilines is 1. The Bertz CT molecular complexity index is 5050. The van der Waals surface area contributed by atoms with Gasteiger partial charge < -0.3 is 43.7 Å². The molecule has 1 atom stereocenters. The molecule has 0 aliphatic carbocycles. The molecule has 16 nitrogen and oxygen atoms in total. The summed E-state index contributed by atoms with van der Waals surface area (Å²) in [5.74, 6) is 0.535. The van der Waals surface area contributed by atoms with Crippen LogP contribution in [0.1, 0.15) is 127 Å². The summed E-state index contributed by atoms with van der Waals surface area (Å²) in [5, 5.41) is 28.0. The number of hydrogen-bond acceptors (Lipinski definition) is 15. The minimum absolute atomic E-state index is 0. The molecule has 1 amide bonds. The number of hydrogen-bond donors (Lipinski definition) is 3. The summed E-state index contributed by atoms with van der Waals surface area (Å²) in [5.41, 5.74) is 5.47. The molecule has 12 aromatic carbocycles. The zero-order valence-corrected chi connectivity index (χ0v) is 52.0. The van der Waals surface area contributed by atoms with Crippen molar-refractivity contribution in [2.45, 2.75) is 66.3 Å². The number of rotatable bonds is 20. The summed E-state index contributed by atoms with van der Waals surface area (Å²) < 4.78 is 49.0. The Morgan fingerprint density at radius 2 is 0.835 bits per heavy atom. The lowest BCUT2D eigenvalue weighted by molar-refractivity contribution is 0.0733. The lowest BCUT2D eigenvalue weighted by Gasteiger charge is -2.30. The van der Waals surface area contributed by atoms with Crippen LogP contribution in [0.25, 0.3) is 43.4 Å². The summed E-state index contributed by atoms with van der Waals surface area (Å²) in [4.78, 5) is 76.7. The highest BCUT2D eigenvalue weighted by molar-refractivity contribution is 7.75. The van der Waals surface area contributed by atoms with Gasteiger partial charge in [-0.1, -0.05) is 163 Å². The summed E-state index contributed by atoms with van der Waals surface area (Å²) in [6.07, 6.45) is 0. The number of aryl methyl sites for hydroxylation is 1. The average molecular weight is 1410 g/mol. The SMILES string of the molecule is C.C.C.C.C.C.C.C.COCC(=O)c1ccc(OCC(=O)c2ccc3cc(OC(=O)c4ccc5cc(O)ccc5c4)ccc3c2)cc1.Cc1ccc(OCC(=O)c2cccc(C(=O)COc3ccc(NC(=O)c4ccc5cc(O)ccc5c4)cc3)c2)c(P2(=O)Oc3ccccc3-c3ccccc32)c1. The Morgan fingerprint density at radius 3 is 1.44 bits per heavy atom. The number of carbonyl (C=O) groups is 6. The highest BCUT2D eigenvalue weighted by Crippen LogP contribution is 2.55. The highest BCUT2D eigenvalue weighted by Gasteiger charge is 2.40. The smallest absolute Gasteiger partial charge is 0.343 e. The van der Waals surface area contributed by atoms with E-state index in [0.717, 1.165) is 49.0 Å². The second-order valence-corrected chi connectivity index (χ2v) is 24.6. The first-order chi connectivity index (χ1) is 46.0. The number of fused-ring (bicyclic) bond motifs is 6. The molecule has 0 saturated carbocycles. The third kappa shape index (κ3) is 19.3. The topological polar surface area (TPSA) is 227 Å². The maximum Gasteiger partial charge on any atom is 0.343 e. The van der Waals surface area contributed by atoms with Gasteiger partial charge in [0.05, 0.1) is 16.2 Å². The van der Waals surface area contributed by atoms with E-state index >= 15 is 0 Å². The average Bonchev–Trinajstić information content (AvgIpc) is 0.613. The normalized spacial score (nSPS) is 11.8. The monoisotopic (exact) mass is 1410 g/mol. The minimum Gasteiger partial charge on any atom is -0.508 e. The van der Waals surface area contributed by atoms with Gasteiger partial charge in [0, 0.05) is 46.2 Å². The molecule has 1 aliphatic heterocycles. The van der Waals surface area contributed by atoms with Gasteiger partial charge in [0.15, 0.2) is 43.0 Å². The van der Waals surface area contributed by atoms with E-state index in [1.807, 2.05) is 49.4 Å². The first kappa shape index (κ1) is 83.4. The molecule has 3 N–H and O–H groups in total. The van der Waals surface area contributed by atoms with Crippen molar-refractivity contribution in [2.24, 2.45) is 0 Å². The van der Waals surface area contributed by atoms with Crippen molar-refractivity contribution in [3.8, 4) is 51.4 Å². The van der Waals surface area contributed by atoms with Gasteiger partial charge in [-0.2, -0.15) is 0 Å². The van der Waals surface area contributed by atoms with Crippen LogP contribution in [-0.2, 0) is 9.30 Å². The van der Waals surface area contributed by atoms with Gasteiger partial charge in [0.2, 0.25) is 0 Å². The molecule has 0 fully saturated rings. The lowest BCUT2D eigenvalue weighted by Crippen LogP contribution is -2.27. The van der Waals surface area contributed by atoms with Crippen LogP contribution in [0.2, 0.25) is 0 Å². The molecule has 12 aromatic rings. The van der Waals surface area contributed by atoms with E-state index in [1.54, 1.807) is 200 Å². The van der Waals surface area contributed by atoms with E-state index in [2.05, 4.69) is 5.32 Å². The van der Waals surface area contributed by atoms with Gasteiger partial charge in [0.25, 0.3) is 5.91 Å². The van der Waals surface area contributed by atoms with Gasteiger partial charge >= 0.3 is 13.3 Å². The fraction of sp³-hybridized carbons (Fsp3) is 0.163. The molecular weight excluding hydrogens is 1320 g/mol. The number of ether oxygens (including phenoxy) is 5. The first-order valence-electron chi connectivity index (χ1n) is 30.0. The second-order valence-electron chi connectivity index (χ2n) is 22.3. The van der Waals surface area contributed by atoms with Crippen molar-refractivity contribution in [3.63, 3.8) is 0 Å². The number of benzene rings is 12. The molecule has 13 rings (SSSR count). The number of phenolic OH excluding ortho intramolecular Hbond substituents is 2. The number of Topliss-reactive ketones (excluding diaryl/α,β-unsaturated/α-hetero) is 4. The predicted octanol–water partition coefficient (Wildman–Crippen LogP) is 20.0. The molecule has 0 radical (unpaired) electrons. The molecule has 1 unspecified atom stereocenters. The largest absolute Gasteiger partial charge is 0.508 e. The summed E-state index contributed by atoms with van der Waals surface area (Å²) >= 11 is 0. The summed E-state index contributed by atoms with van der Waals surface area (Å²) in [7, 11) is -2.23. The predicted molar refractivity (Wildman–Crippen MR) is 418 cm³/mol. The van der Waals surface area contributed by atoms with Crippen molar-refractivity contribution in [3.05, 3.63) is 288 Å². The molecule has 103 heavy (non-hydrogen) atoms. The molecule has 1 aliphatic rings. The molecule has 0 saturated heterocycles. The van der Waals surface area contributed by atoms with E-state index in [9.17, 15) is 43.5 Å². The van der Waals surface area contributed by atoms with Crippen molar-refractivity contribution >= 4 is 91.0 Å². The Labute approximate surface area is 603 Å². The highest BCUT2D eigenvalue weighted by atomic mass is 31.2. The van der Waals surface area contributed by atoms with Crippen molar-refractivity contribution in [1.29, 1.82) is 0 Å². The van der Waals surface area contributed by atoms with E-state index in [1.165, 1.54) is 13.2 Å². The van der Waals surface area contributed by atoms with Crippen LogP contribution in [0.5, 0.6) is 40.2 Å². The van der Waals surface area contributed by atoms with Gasteiger partial charge in [0.1, 0.15) is 46.9 Å². The number of methoxy groups -OCH3 is 1. The Balaban J connectivity index is 0.000000427. The van der Waals surface area contributed by atoms with Crippen molar-refractivity contribution in [1.82, 2.24) is 0 Å². The van der Waals surface area contributed by atoms with Crippen LogP contribution < -0.4 is 39.4 Å². The Kier molecular flexibility index (Phi) is 29.9.